The molecule has 1 saturated carbocycles. The molecule has 1 amide bonds. The molecule has 1 aliphatic carbocycles. The number of nitrogens with one attached hydrogen (secondary N) is 1. The average molecular weight is 244 g/mol. The zero-order chi connectivity index (χ0) is 13.0. The van der Waals surface area contributed by atoms with Gasteiger partial charge >= 0.3 is 0 Å². The third-order valence-corrected chi connectivity index (χ3v) is 3.47. The molecule has 1 aromatic rings. The summed E-state index contributed by atoms with van der Waals surface area (Å²) in [5.41, 5.74) is 1.08. The summed E-state index contributed by atoms with van der Waals surface area (Å²) in [6.45, 7) is 0.00606. The predicted octanol–water partition coefficient (Wildman–Crippen LogP) is 1.13. The van der Waals surface area contributed by atoms with Crippen molar-refractivity contribution in [3.63, 3.8) is 0 Å². The monoisotopic (exact) mass is 244 g/mol. The fraction of sp³-hybridized carbons (Fsp3) is 0.429. The zero-order valence-electron chi connectivity index (χ0n) is 10.1. The lowest BCUT2D eigenvalue weighted by Crippen LogP contribution is -2.56. The summed E-state index contributed by atoms with van der Waals surface area (Å²) in [6, 6.07) is 9.01. The van der Waals surface area contributed by atoms with Gasteiger partial charge in [-0.05, 0) is 37.0 Å². The van der Waals surface area contributed by atoms with Crippen LogP contribution in [0.2, 0.25) is 0 Å². The highest BCUT2D eigenvalue weighted by Crippen LogP contribution is 2.31. The van der Waals surface area contributed by atoms with Gasteiger partial charge in [-0.1, -0.05) is 12.1 Å². The van der Waals surface area contributed by atoms with Gasteiger partial charge in [0.25, 0.3) is 0 Å². The fourth-order valence-electron chi connectivity index (χ4n) is 2.15. The number of nitriles is 1. The van der Waals surface area contributed by atoms with Crippen molar-refractivity contribution < 1.29 is 9.90 Å². The summed E-state index contributed by atoms with van der Waals surface area (Å²) in [6.07, 6.45) is 3.04. The summed E-state index contributed by atoms with van der Waals surface area (Å²) in [7, 11) is 0. The molecule has 0 radical (unpaired) electrons. The van der Waals surface area contributed by atoms with E-state index in [1.807, 2.05) is 6.07 Å². The van der Waals surface area contributed by atoms with Crippen molar-refractivity contribution in [1.82, 2.24) is 5.32 Å². The third-order valence-electron chi connectivity index (χ3n) is 3.47. The Morgan fingerprint density at radius 2 is 2.06 bits per heavy atom. The first-order valence-electron chi connectivity index (χ1n) is 6.08. The maximum Gasteiger partial charge on any atom is 0.224 e. The van der Waals surface area contributed by atoms with Gasteiger partial charge in [-0.2, -0.15) is 5.26 Å². The summed E-state index contributed by atoms with van der Waals surface area (Å²) in [5, 5.41) is 20.8. The molecule has 1 fully saturated rings. The second-order valence-corrected chi connectivity index (χ2v) is 4.83. The smallest absolute Gasteiger partial charge is 0.224 e. The summed E-state index contributed by atoms with van der Waals surface area (Å²) in [5.74, 6) is -0.0755. The number of hydrogen-bond acceptors (Lipinski definition) is 3. The molecule has 0 saturated heterocycles. The highest BCUT2D eigenvalue weighted by Gasteiger charge is 2.37. The Kier molecular flexibility index (Phi) is 3.63. The first-order valence-corrected chi connectivity index (χ1v) is 6.08. The molecule has 0 aromatic heterocycles. The number of rotatable bonds is 4. The van der Waals surface area contributed by atoms with Crippen LogP contribution in [0.25, 0.3) is 0 Å². The van der Waals surface area contributed by atoms with Gasteiger partial charge in [-0.25, -0.2) is 0 Å². The number of hydrogen-bond donors (Lipinski definition) is 2. The molecule has 4 heteroatoms. The number of aliphatic hydroxyl groups is 1. The summed E-state index contributed by atoms with van der Waals surface area (Å²) >= 11 is 0. The molecule has 0 bridgehead atoms. The SMILES string of the molecule is N#Cc1ccc(CC(=O)NC2(CO)CCC2)cc1. The van der Waals surface area contributed by atoms with Crippen molar-refractivity contribution in [1.29, 1.82) is 5.26 Å². The van der Waals surface area contributed by atoms with Gasteiger partial charge in [0.05, 0.1) is 30.2 Å². The minimum atomic E-state index is -0.385. The molecule has 2 rings (SSSR count). The first kappa shape index (κ1) is 12.6. The Balaban J connectivity index is 1.92. The Hall–Kier alpha value is -1.86. The second kappa shape index (κ2) is 5.19. The van der Waals surface area contributed by atoms with Gasteiger partial charge in [0, 0.05) is 0 Å². The van der Waals surface area contributed by atoms with Gasteiger partial charge in [0.1, 0.15) is 0 Å². The molecule has 4 nitrogen and oxygen atoms in total. The lowest BCUT2D eigenvalue weighted by atomic mass is 9.77. The van der Waals surface area contributed by atoms with E-state index in [-0.39, 0.29) is 24.5 Å². The van der Waals surface area contributed by atoms with Crippen LogP contribution in [0.4, 0.5) is 0 Å². The molecule has 0 heterocycles. The van der Waals surface area contributed by atoms with Crippen LogP contribution in [-0.2, 0) is 11.2 Å². The minimum absolute atomic E-state index is 0.00606. The van der Waals surface area contributed by atoms with Crippen molar-refractivity contribution in [2.75, 3.05) is 6.61 Å². The topological polar surface area (TPSA) is 73.1 Å². The number of amides is 1. The van der Waals surface area contributed by atoms with E-state index in [1.165, 1.54) is 0 Å². The third kappa shape index (κ3) is 2.69. The standard InChI is InChI=1S/C14H16N2O2/c15-9-12-4-2-11(3-5-12)8-13(18)16-14(10-17)6-1-7-14/h2-5,17H,1,6-8,10H2,(H,16,18). The highest BCUT2D eigenvalue weighted by molar-refractivity contribution is 5.79. The highest BCUT2D eigenvalue weighted by atomic mass is 16.3. The number of benzene rings is 1. The summed E-state index contributed by atoms with van der Waals surface area (Å²) in [4.78, 5) is 11.8. The predicted molar refractivity (Wildman–Crippen MR) is 66.7 cm³/mol. The van der Waals surface area contributed by atoms with Gasteiger partial charge in [-0.3, -0.25) is 4.79 Å². The van der Waals surface area contributed by atoms with Gasteiger partial charge in [0.2, 0.25) is 5.91 Å². The van der Waals surface area contributed by atoms with E-state index in [0.717, 1.165) is 24.8 Å². The van der Waals surface area contributed by atoms with Gasteiger partial charge in [0.15, 0.2) is 0 Å². The van der Waals surface area contributed by atoms with Crippen LogP contribution in [0.3, 0.4) is 0 Å². The Bertz CT molecular complexity index is 464. The second-order valence-electron chi connectivity index (χ2n) is 4.83. The Labute approximate surface area is 106 Å². The fourth-order valence-corrected chi connectivity index (χ4v) is 2.15. The number of nitrogens with zero attached hydrogens (tertiary/aromatic N) is 1. The number of carbonyl (C=O) groups excluding carboxylic acids is 1. The Morgan fingerprint density at radius 1 is 1.39 bits per heavy atom. The van der Waals surface area contributed by atoms with Crippen LogP contribution in [0.1, 0.15) is 30.4 Å². The maximum atomic E-state index is 11.8. The van der Waals surface area contributed by atoms with E-state index in [0.29, 0.717) is 5.56 Å². The molecular formula is C14H16N2O2. The molecule has 0 unspecified atom stereocenters. The van der Waals surface area contributed by atoms with Crippen molar-refractivity contribution in [2.24, 2.45) is 0 Å². The normalized spacial score (nSPS) is 16.4. The molecule has 1 aromatic carbocycles. The van der Waals surface area contributed by atoms with Gasteiger partial charge < -0.3 is 10.4 Å². The minimum Gasteiger partial charge on any atom is -0.394 e. The van der Waals surface area contributed by atoms with Crippen molar-refractivity contribution in [2.45, 2.75) is 31.2 Å². The lowest BCUT2D eigenvalue weighted by molar-refractivity contribution is -0.124. The van der Waals surface area contributed by atoms with E-state index < -0.39 is 0 Å². The average Bonchev–Trinajstić information content (AvgIpc) is 2.35. The molecule has 18 heavy (non-hydrogen) atoms. The first-order chi connectivity index (χ1) is 8.67. The summed E-state index contributed by atoms with van der Waals surface area (Å²) < 4.78 is 0. The Morgan fingerprint density at radius 3 is 2.50 bits per heavy atom. The number of carbonyl (C=O) groups is 1. The van der Waals surface area contributed by atoms with Crippen molar-refractivity contribution in [3.05, 3.63) is 35.4 Å². The van der Waals surface area contributed by atoms with Gasteiger partial charge in [-0.15, -0.1) is 0 Å². The zero-order valence-corrected chi connectivity index (χ0v) is 10.1. The van der Waals surface area contributed by atoms with E-state index >= 15 is 0 Å². The van der Waals surface area contributed by atoms with Crippen LogP contribution in [0.5, 0.6) is 0 Å². The number of aliphatic hydroxyl groups excluding tert-OH is 1. The quantitative estimate of drug-likeness (QED) is 0.834. The molecule has 0 spiro atoms. The van der Waals surface area contributed by atoms with E-state index in [2.05, 4.69) is 5.32 Å². The van der Waals surface area contributed by atoms with Crippen LogP contribution in [-0.4, -0.2) is 23.2 Å². The molecule has 94 valence electrons. The van der Waals surface area contributed by atoms with Crippen molar-refractivity contribution in [3.8, 4) is 6.07 Å². The van der Waals surface area contributed by atoms with Crippen LogP contribution in [0.15, 0.2) is 24.3 Å². The van der Waals surface area contributed by atoms with Crippen LogP contribution >= 0.6 is 0 Å². The maximum absolute atomic E-state index is 11.8. The van der Waals surface area contributed by atoms with Crippen LogP contribution < -0.4 is 5.32 Å². The molecule has 0 aliphatic heterocycles. The van der Waals surface area contributed by atoms with E-state index in [4.69, 9.17) is 5.26 Å². The van der Waals surface area contributed by atoms with E-state index in [9.17, 15) is 9.90 Å². The largest absolute Gasteiger partial charge is 0.394 e. The molecule has 0 atom stereocenters. The van der Waals surface area contributed by atoms with Crippen LogP contribution in [0, 0.1) is 11.3 Å². The lowest BCUT2D eigenvalue weighted by Gasteiger charge is -2.41. The van der Waals surface area contributed by atoms with Crippen molar-refractivity contribution >= 4 is 5.91 Å². The molecule has 1 aliphatic rings. The molecular weight excluding hydrogens is 228 g/mol. The molecule has 2 N–H and O–H groups in total. The van der Waals surface area contributed by atoms with E-state index in [1.54, 1.807) is 24.3 Å².